The molecule has 4 atom stereocenters. The van der Waals surface area contributed by atoms with Crippen molar-refractivity contribution in [1.82, 2.24) is 14.4 Å². The first kappa shape index (κ1) is 24.7. The summed E-state index contributed by atoms with van der Waals surface area (Å²) in [6, 6.07) is 8.07. The SMILES string of the molecule is CCn1c(CC[C@@H]2CCCN2C(=O)[C@H]2CCCN2C(O)CC(C)N)cc2ccc(C(=N)N)cc21. The lowest BCUT2D eigenvalue weighted by molar-refractivity contribution is -0.141. The monoisotopic (exact) mass is 468 g/mol. The van der Waals surface area contributed by atoms with Gasteiger partial charge in [0.15, 0.2) is 0 Å². The second-order valence-corrected chi connectivity index (χ2v) is 10.0. The Morgan fingerprint density at radius 3 is 2.71 bits per heavy atom. The van der Waals surface area contributed by atoms with Gasteiger partial charge in [0.05, 0.1) is 6.04 Å². The van der Waals surface area contributed by atoms with E-state index in [1.54, 1.807) is 0 Å². The molecule has 8 nitrogen and oxygen atoms in total. The third-order valence-corrected chi connectivity index (χ3v) is 7.56. The lowest BCUT2D eigenvalue weighted by Crippen LogP contribution is -2.51. The molecule has 0 bridgehead atoms. The molecule has 2 unspecified atom stereocenters. The van der Waals surface area contributed by atoms with Gasteiger partial charge >= 0.3 is 0 Å². The molecule has 2 saturated heterocycles. The first-order valence-electron chi connectivity index (χ1n) is 12.8. The standard InChI is InChI=1S/C26H40N6O2/c1-3-30-21(15-18-8-9-19(25(28)29)16-23(18)30)11-10-20-6-4-12-31(20)26(34)22-7-5-13-32(22)24(33)14-17(2)27/h8-9,15-17,20,22,24,33H,3-7,10-14,27H2,1-2H3,(H3,28,29)/t17?,20-,22+,24?/m0/s1. The minimum atomic E-state index is -0.655. The number of amides is 1. The third-order valence-electron chi connectivity index (χ3n) is 7.56. The number of nitrogens with two attached hydrogens (primary N) is 2. The number of nitrogen functional groups attached to an aromatic ring is 1. The molecule has 4 rings (SSSR count). The number of fused-ring (bicyclic) bond motifs is 1. The molecule has 3 heterocycles. The van der Waals surface area contributed by atoms with Gasteiger partial charge in [-0.15, -0.1) is 0 Å². The summed E-state index contributed by atoms with van der Waals surface area (Å²) in [5.74, 6) is 0.255. The van der Waals surface area contributed by atoms with E-state index in [9.17, 15) is 9.90 Å². The van der Waals surface area contributed by atoms with E-state index in [2.05, 4.69) is 22.5 Å². The molecular weight excluding hydrogens is 428 g/mol. The van der Waals surface area contributed by atoms with Crippen LogP contribution in [-0.2, 0) is 17.8 Å². The Hall–Kier alpha value is -2.42. The fourth-order valence-electron chi connectivity index (χ4n) is 5.87. The van der Waals surface area contributed by atoms with Gasteiger partial charge < -0.3 is 26.0 Å². The lowest BCUT2D eigenvalue weighted by Gasteiger charge is -2.34. The maximum Gasteiger partial charge on any atom is 0.240 e. The van der Waals surface area contributed by atoms with Crippen molar-refractivity contribution in [2.45, 2.75) is 89.7 Å². The quantitative estimate of drug-likeness (QED) is 0.332. The highest BCUT2D eigenvalue weighted by atomic mass is 16.3. The molecule has 0 radical (unpaired) electrons. The van der Waals surface area contributed by atoms with Crippen LogP contribution in [0, 0.1) is 5.41 Å². The summed E-state index contributed by atoms with van der Waals surface area (Å²) in [5, 5.41) is 19.5. The molecular formula is C26H40N6O2. The number of rotatable bonds is 9. The molecule has 1 aromatic heterocycles. The topological polar surface area (TPSA) is 125 Å². The Balaban J connectivity index is 1.46. The van der Waals surface area contributed by atoms with E-state index in [1.807, 2.05) is 30.0 Å². The molecule has 1 amide bonds. The summed E-state index contributed by atoms with van der Waals surface area (Å²) in [4.78, 5) is 17.6. The maximum atomic E-state index is 13.5. The first-order chi connectivity index (χ1) is 16.3. The van der Waals surface area contributed by atoms with Crippen molar-refractivity contribution in [1.29, 1.82) is 5.41 Å². The van der Waals surface area contributed by atoms with E-state index in [1.165, 1.54) is 5.69 Å². The highest BCUT2D eigenvalue weighted by Crippen LogP contribution is 2.29. The molecule has 186 valence electrons. The van der Waals surface area contributed by atoms with E-state index in [0.29, 0.717) is 6.42 Å². The minimum Gasteiger partial charge on any atom is -0.384 e. The number of aromatic nitrogens is 1. The Kier molecular flexibility index (Phi) is 7.60. The number of benzene rings is 1. The van der Waals surface area contributed by atoms with Crippen molar-refractivity contribution in [2.24, 2.45) is 11.5 Å². The van der Waals surface area contributed by atoms with Gasteiger partial charge in [-0.2, -0.15) is 0 Å². The number of amidine groups is 1. The van der Waals surface area contributed by atoms with Crippen LogP contribution in [0.2, 0.25) is 0 Å². The molecule has 2 aliphatic heterocycles. The largest absolute Gasteiger partial charge is 0.384 e. The number of likely N-dealkylation sites (tertiary alicyclic amines) is 2. The number of nitrogens with zero attached hydrogens (tertiary/aromatic N) is 3. The van der Waals surface area contributed by atoms with Crippen LogP contribution in [0.15, 0.2) is 24.3 Å². The molecule has 0 aliphatic carbocycles. The number of aliphatic hydroxyl groups excluding tert-OH is 1. The third kappa shape index (κ3) is 4.99. The van der Waals surface area contributed by atoms with Crippen molar-refractivity contribution in [3.8, 4) is 0 Å². The molecule has 2 aliphatic rings. The lowest BCUT2D eigenvalue weighted by atomic mass is 10.1. The zero-order valence-corrected chi connectivity index (χ0v) is 20.5. The number of aliphatic hydroxyl groups is 1. The number of nitrogens with one attached hydrogen (secondary N) is 1. The average Bonchev–Trinajstić information content (AvgIpc) is 3.53. The number of hydrogen-bond acceptors (Lipinski definition) is 5. The average molecular weight is 469 g/mol. The molecule has 8 heteroatoms. The van der Waals surface area contributed by atoms with Crippen molar-refractivity contribution >= 4 is 22.6 Å². The van der Waals surface area contributed by atoms with Crippen LogP contribution < -0.4 is 11.5 Å². The molecule has 0 spiro atoms. The van der Waals surface area contributed by atoms with E-state index in [0.717, 1.165) is 74.6 Å². The number of aryl methyl sites for hydroxylation is 2. The van der Waals surface area contributed by atoms with Crippen LogP contribution in [0.3, 0.4) is 0 Å². The van der Waals surface area contributed by atoms with Gasteiger partial charge in [0.2, 0.25) is 5.91 Å². The van der Waals surface area contributed by atoms with Crippen LogP contribution in [0.25, 0.3) is 10.9 Å². The molecule has 0 saturated carbocycles. The Morgan fingerprint density at radius 1 is 1.24 bits per heavy atom. The molecule has 6 N–H and O–H groups in total. The van der Waals surface area contributed by atoms with Gasteiger partial charge in [0, 0.05) is 54.9 Å². The fourth-order valence-corrected chi connectivity index (χ4v) is 5.87. The highest BCUT2D eigenvalue weighted by molar-refractivity contribution is 5.98. The van der Waals surface area contributed by atoms with Gasteiger partial charge in [0.25, 0.3) is 0 Å². The smallest absolute Gasteiger partial charge is 0.240 e. The Bertz CT molecular complexity index is 1030. The first-order valence-corrected chi connectivity index (χ1v) is 12.8. The van der Waals surface area contributed by atoms with Crippen LogP contribution in [-0.4, -0.2) is 68.7 Å². The van der Waals surface area contributed by atoms with E-state index in [4.69, 9.17) is 16.9 Å². The number of carbonyl (C=O) groups is 1. The predicted octanol–water partition coefficient (Wildman–Crippen LogP) is 2.39. The van der Waals surface area contributed by atoms with Gasteiger partial charge in [-0.3, -0.25) is 15.1 Å². The van der Waals surface area contributed by atoms with Crippen molar-refractivity contribution < 1.29 is 9.90 Å². The zero-order chi connectivity index (χ0) is 24.4. The number of hydrogen-bond donors (Lipinski definition) is 4. The Labute approximate surface area is 202 Å². The second-order valence-electron chi connectivity index (χ2n) is 10.0. The second kappa shape index (κ2) is 10.5. The highest BCUT2D eigenvalue weighted by Gasteiger charge is 2.40. The Morgan fingerprint density at radius 2 is 2.00 bits per heavy atom. The zero-order valence-electron chi connectivity index (χ0n) is 20.5. The molecule has 1 aromatic carbocycles. The summed E-state index contributed by atoms with van der Waals surface area (Å²) >= 11 is 0. The van der Waals surface area contributed by atoms with Gasteiger partial charge in [-0.05, 0) is 69.9 Å². The molecule has 34 heavy (non-hydrogen) atoms. The van der Waals surface area contributed by atoms with Crippen LogP contribution in [0.4, 0.5) is 0 Å². The maximum absolute atomic E-state index is 13.5. The summed E-state index contributed by atoms with van der Waals surface area (Å²) in [6.45, 7) is 6.43. The molecule has 2 aromatic rings. The summed E-state index contributed by atoms with van der Waals surface area (Å²) in [6.07, 6.45) is 5.46. The van der Waals surface area contributed by atoms with Crippen molar-refractivity contribution in [2.75, 3.05) is 13.1 Å². The van der Waals surface area contributed by atoms with Crippen LogP contribution in [0.5, 0.6) is 0 Å². The van der Waals surface area contributed by atoms with E-state index >= 15 is 0 Å². The van der Waals surface area contributed by atoms with Crippen LogP contribution in [0.1, 0.15) is 63.6 Å². The summed E-state index contributed by atoms with van der Waals surface area (Å²) in [7, 11) is 0. The summed E-state index contributed by atoms with van der Waals surface area (Å²) < 4.78 is 2.30. The fraction of sp³-hybridized carbons (Fsp3) is 0.615. The molecule has 2 fully saturated rings. The van der Waals surface area contributed by atoms with E-state index < -0.39 is 6.23 Å². The van der Waals surface area contributed by atoms with Gasteiger partial charge in [-0.25, -0.2) is 0 Å². The van der Waals surface area contributed by atoms with Gasteiger partial charge in [0.1, 0.15) is 12.1 Å². The number of carbonyl (C=O) groups excluding carboxylic acids is 1. The van der Waals surface area contributed by atoms with Crippen molar-refractivity contribution in [3.05, 3.63) is 35.5 Å². The minimum absolute atomic E-state index is 0.0828. The predicted molar refractivity (Wildman–Crippen MR) is 136 cm³/mol. The van der Waals surface area contributed by atoms with Crippen LogP contribution >= 0.6 is 0 Å². The normalized spacial score (nSPS) is 23.0. The summed E-state index contributed by atoms with van der Waals surface area (Å²) in [5.41, 5.74) is 14.7. The van der Waals surface area contributed by atoms with E-state index in [-0.39, 0.29) is 29.9 Å². The van der Waals surface area contributed by atoms with Gasteiger partial charge in [-0.1, -0.05) is 12.1 Å². The van der Waals surface area contributed by atoms with Crippen molar-refractivity contribution in [3.63, 3.8) is 0 Å².